The van der Waals surface area contributed by atoms with Gasteiger partial charge in [-0.05, 0) is 43.0 Å². The van der Waals surface area contributed by atoms with Gasteiger partial charge in [-0.3, -0.25) is 9.69 Å². The second-order valence-corrected chi connectivity index (χ2v) is 7.50. The first-order valence-corrected chi connectivity index (χ1v) is 9.61. The third kappa shape index (κ3) is 4.29. The normalized spacial score (nSPS) is 11.0. The molecule has 136 valence electrons. The number of rotatable bonds is 7. The highest BCUT2D eigenvalue weighted by Gasteiger charge is 2.20. The molecule has 26 heavy (non-hydrogen) atoms. The summed E-state index contributed by atoms with van der Waals surface area (Å²) in [5.74, 6) is 0.0827. The first-order chi connectivity index (χ1) is 12.6. The molecular formula is C21H24N2O2S. The van der Waals surface area contributed by atoms with Crippen LogP contribution >= 0.6 is 11.3 Å². The van der Waals surface area contributed by atoms with Crippen LogP contribution in [0.1, 0.15) is 29.5 Å². The lowest BCUT2D eigenvalue weighted by Crippen LogP contribution is -2.30. The van der Waals surface area contributed by atoms with Crippen molar-refractivity contribution in [2.24, 2.45) is 0 Å². The maximum absolute atomic E-state index is 12.9. The molecule has 0 aliphatic heterocycles. The summed E-state index contributed by atoms with van der Waals surface area (Å²) in [5, 5.41) is 0.764. The van der Waals surface area contributed by atoms with Crippen LogP contribution in [0.15, 0.2) is 42.5 Å². The SMILES string of the molecule is COCCCC(=O)N(Cc1ccccc1)c1nc2c(C)cc(C)cc2s1. The Morgan fingerprint density at radius 2 is 1.96 bits per heavy atom. The van der Waals surface area contributed by atoms with E-state index in [-0.39, 0.29) is 5.91 Å². The fraction of sp³-hybridized carbons (Fsp3) is 0.333. The minimum absolute atomic E-state index is 0.0827. The quantitative estimate of drug-likeness (QED) is 0.559. The molecule has 3 rings (SSSR count). The first-order valence-electron chi connectivity index (χ1n) is 8.79. The number of carbonyl (C=O) groups excluding carboxylic acids is 1. The average molecular weight is 369 g/mol. The van der Waals surface area contributed by atoms with Crippen LogP contribution in [-0.4, -0.2) is 24.6 Å². The average Bonchev–Trinajstić information content (AvgIpc) is 3.04. The number of thiazole rings is 1. The zero-order chi connectivity index (χ0) is 18.5. The number of ether oxygens (including phenoxy) is 1. The summed E-state index contributed by atoms with van der Waals surface area (Å²) in [7, 11) is 1.66. The van der Waals surface area contributed by atoms with Crippen LogP contribution in [0.3, 0.4) is 0 Å². The van der Waals surface area contributed by atoms with E-state index in [1.165, 1.54) is 5.56 Å². The highest BCUT2D eigenvalue weighted by Crippen LogP contribution is 2.32. The van der Waals surface area contributed by atoms with Gasteiger partial charge in [0.1, 0.15) is 0 Å². The summed E-state index contributed by atoms with van der Waals surface area (Å²) in [4.78, 5) is 19.5. The summed E-state index contributed by atoms with van der Waals surface area (Å²) in [6, 6.07) is 14.3. The number of aromatic nitrogens is 1. The van der Waals surface area contributed by atoms with Crippen LogP contribution in [0.2, 0.25) is 0 Å². The third-order valence-electron chi connectivity index (χ3n) is 4.27. The molecule has 0 saturated carbocycles. The highest BCUT2D eigenvalue weighted by atomic mass is 32.1. The monoisotopic (exact) mass is 368 g/mol. The Bertz CT molecular complexity index is 890. The van der Waals surface area contributed by atoms with Crippen LogP contribution < -0.4 is 4.90 Å². The van der Waals surface area contributed by atoms with Gasteiger partial charge in [0.05, 0.1) is 16.8 Å². The number of nitrogens with zero attached hydrogens (tertiary/aromatic N) is 2. The van der Waals surface area contributed by atoms with Gasteiger partial charge in [-0.1, -0.05) is 47.7 Å². The molecule has 0 aliphatic rings. The molecule has 2 aromatic carbocycles. The number of aryl methyl sites for hydroxylation is 2. The van der Waals surface area contributed by atoms with E-state index in [9.17, 15) is 4.79 Å². The fourth-order valence-electron chi connectivity index (χ4n) is 3.01. The van der Waals surface area contributed by atoms with Gasteiger partial charge in [0.25, 0.3) is 0 Å². The molecule has 1 amide bonds. The molecule has 4 nitrogen and oxygen atoms in total. The van der Waals surface area contributed by atoms with Crippen LogP contribution in [0.25, 0.3) is 10.2 Å². The number of methoxy groups -OCH3 is 1. The Morgan fingerprint density at radius 1 is 1.19 bits per heavy atom. The molecule has 1 aromatic heterocycles. The molecule has 0 aliphatic carbocycles. The van der Waals surface area contributed by atoms with E-state index < -0.39 is 0 Å². The van der Waals surface area contributed by atoms with E-state index in [0.717, 1.165) is 26.5 Å². The zero-order valence-electron chi connectivity index (χ0n) is 15.5. The molecule has 0 atom stereocenters. The number of benzene rings is 2. The van der Waals surface area contributed by atoms with Crippen LogP contribution in [0.5, 0.6) is 0 Å². The van der Waals surface area contributed by atoms with E-state index in [1.807, 2.05) is 35.2 Å². The lowest BCUT2D eigenvalue weighted by atomic mass is 10.1. The van der Waals surface area contributed by atoms with Gasteiger partial charge in [0, 0.05) is 20.1 Å². The zero-order valence-corrected chi connectivity index (χ0v) is 16.3. The van der Waals surface area contributed by atoms with Crippen molar-refractivity contribution in [2.45, 2.75) is 33.2 Å². The van der Waals surface area contributed by atoms with Gasteiger partial charge in [0.2, 0.25) is 5.91 Å². The number of hydrogen-bond acceptors (Lipinski definition) is 4. The van der Waals surface area contributed by atoms with E-state index in [1.54, 1.807) is 18.4 Å². The summed E-state index contributed by atoms with van der Waals surface area (Å²) in [6.45, 7) is 5.28. The van der Waals surface area contributed by atoms with Crippen molar-refractivity contribution in [3.05, 3.63) is 59.2 Å². The smallest absolute Gasteiger partial charge is 0.229 e. The molecule has 0 saturated heterocycles. The van der Waals surface area contributed by atoms with E-state index >= 15 is 0 Å². The summed E-state index contributed by atoms with van der Waals surface area (Å²) in [6.07, 6.45) is 1.16. The van der Waals surface area contributed by atoms with Crippen LogP contribution in [0, 0.1) is 13.8 Å². The van der Waals surface area contributed by atoms with Crippen molar-refractivity contribution in [1.82, 2.24) is 4.98 Å². The second kappa shape index (κ2) is 8.43. The van der Waals surface area contributed by atoms with Gasteiger partial charge in [-0.25, -0.2) is 4.98 Å². The van der Waals surface area contributed by atoms with Crippen molar-refractivity contribution in [3.63, 3.8) is 0 Å². The maximum Gasteiger partial charge on any atom is 0.229 e. The molecule has 0 N–H and O–H groups in total. The minimum atomic E-state index is 0.0827. The number of fused-ring (bicyclic) bond motifs is 1. The van der Waals surface area contributed by atoms with Crippen molar-refractivity contribution in [3.8, 4) is 0 Å². The predicted molar refractivity (Wildman–Crippen MR) is 108 cm³/mol. The number of hydrogen-bond donors (Lipinski definition) is 0. The maximum atomic E-state index is 12.9. The van der Waals surface area contributed by atoms with Gasteiger partial charge in [-0.15, -0.1) is 0 Å². The number of amides is 1. The van der Waals surface area contributed by atoms with Crippen molar-refractivity contribution < 1.29 is 9.53 Å². The molecule has 0 spiro atoms. The molecular weight excluding hydrogens is 344 g/mol. The number of anilines is 1. The molecule has 0 fully saturated rings. The number of carbonyl (C=O) groups is 1. The highest BCUT2D eigenvalue weighted by molar-refractivity contribution is 7.22. The van der Waals surface area contributed by atoms with Gasteiger partial charge in [-0.2, -0.15) is 0 Å². The lowest BCUT2D eigenvalue weighted by molar-refractivity contribution is -0.119. The van der Waals surface area contributed by atoms with Gasteiger partial charge < -0.3 is 4.74 Å². The van der Waals surface area contributed by atoms with Crippen LogP contribution in [-0.2, 0) is 16.1 Å². The Balaban J connectivity index is 1.94. The largest absolute Gasteiger partial charge is 0.385 e. The first kappa shape index (κ1) is 18.5. The Morgan fingerprint density at radius 3 is 2.69 bits per heavy atom. The van der Waals surface area contributed by atoms with Crippen molar-refractivity contribution >= 4 is 32.6 Å². The van der Waals surface area contributed by atoms with E-state index in [2.05, 4.69) is 26.0 Å². The Labute approximate surface area is 158 Å². The lowest BCUT2D eigenvalue weighted by Gasteiger charge is -2.20. The molecule has 0 bridgehead atoms. The molecule has 5 heteroatoms. The van der Waals surface area contributed by atoms with Crippen molar-refractivity contribution in [1.29, 1.82) is 0 Å². The molecule has 0 radical (unpaired) electrons. The Hall–Kier alpha value is -2.24. The van der Waals surface area contributed by atoms with Crippen molar-refractivity contribution in [2.75, 3.05) is 18.6 Å². The minimum Gasteiger partial charge on any atom is -0.385 e. The Kier molecular flexibility index (Phi) is 6.01. The van der Waals surface area contributed by atoms with Crippen LogP contribution in [0.4, 0.5) is 5.13 Å². The topological polar surface area (TPSA) is 42.4 Å². The molecule has 1 heterocycles. The summed E-state index contributed by atoms with van der Waals surface area (Å²) in [5.41, 5.74) is 4.44. The van der Waals surface area contributed by atoms with Gasteiger partial charge >= 0.3 is 0 Å². The molecule has 3 aromatic rings. The summed E-state index contributed by atoms with van der Waals surface area (Å²) < 4.78 is 6.21. The van der Waals surface area contributed by atoms with Gasteiger partial charge in [0.15, 0.2) is 5.13 Å². The fourth-order valence-corrected chi connectivity index (χ4v) is 4.16. The second-order valence-electron chi connectivity index (χ2n) is 6.49. The molecule has 0 unspecified atom stereocenters. The van der Waals surface area contributed by atoms with E-state index in [4.69, 9.17) is 9.72 Å². The summed E-state index contributed by atoms with van der Waals surface area (Å²) >= 11 is 1.58. The predicted octanol–water partition coefficient (Wildman–Crippen LogP) is 4.87. The van der Waals surface area contributed by atoms with E-state index in [0.29, 0.717) is 26.0 Å². The third-order valence-corrected chi connectivity index (χ3v) is 5.30. The standard InChI is InChI=1S/C21H24N2O2S/c1-15-12-16(2)20-18(13-15)26-21(22-20)23(19(24)10-7-11-25-3)14-17-8-5-4-6-9-17/h4-6,8-9,12-13H,7,10-11,14H2,1-3H3.